The van der Waals surface area contributed by atoms with E-state index >= 15 is 0 Å². The molecule has 2 N–H and O–H groups in total. The van der Waals surface area contributed by atoms with Crippen LogP contribution < -0.4 is 0 Å². The van der Waals surface area contributed by atoms with Gasteiger partial charge in [0.25, 0.3) is 6.43 Å². The third kappa shape index (κ3) is 2.84. The van der Waals surface area contributed by atoms with Crippen LogP contribution in [0.2, 0.25) is 0 Å². The van der Waals surface area contributed by atoms with E-state index < -0.39 is 24.4 Å². The van der Waals surface area contributed by atoms with Crippen molar-refractivity contribution >= 4 is 5.78 Å². The van der Waals surface area contributed by atoms with Crippen LogP contribution in [0.4, 0.5) is 8.78 Å². The smallest absolute Gasteiger partial charge is 0.291 e. The molecule has 0 saturated carbocycles. The minimum absolute atomic E-state index is 0.690. The molecule has 0 rings (SSSR count). The van der Waals surface area contributed by atoms with Gasteiger partial charge in [-0.1, -0.05) is 0 Å². The average Bonchev–Trinajstić information content (AvgIpc) is 1.60. The number of carbonyl (C=O) groups excluding carboxylic acids is 1. The summed E-state index contributed by atoms with van der Waals surface area (Å²) in [7, 11) is 0. The first kappa shape index (κ1) is 9.45. The Kier molecular flexibility index (Phi) is 2.86. The van der Waals surface area contributed by atoms with Crippen LogP contribution in [0.5, 0.6) is 0 Å². The topological polar surface area (TPSA) is 57.5 Å². The number of ketones is 1. The summed E-state index contributed by atoms with van der Waals surface area (Å²) in [5.74, 6) is -3.85. The molecule has 0 radical (unpaired) electrons. The van der Waals surface area contributed by atoms with Crippen molar-refractivity contribution in [1.82, 2.24) is 0 Å². The monoisotopic (exact) mass is 154 g/mol. The molecule has 0 aliphatic rings. The van der Waals surface area contributed by atoms with E-state index in [9.17, 15) is 13.6 Å². The van der Waals surface area contributed by atoms with Gasteiger partial charge < -0.3 is 10.2 Å². The second-order valence-corrected chi connectivity index (χ2v) is 2.06. The summed E-state index contributed by atoms with van der Waals surface area (Å²) in [4.78, 5) is 10.1. The van der Waals surface area contributed by atoms with Crippen molar-refractivity contribution in [1.29, 1.82) is 0 Å². The van der Waals surface area contributed by atoms with Crippen molar-refractivity contribution in [2.75, 3.05) is 0 Å². The lowest BCUT2D eigenvalue weighted by Crippen LogP contribution is -2.38. The Labute approximate surface area is 56.3 Å². The maximum absolute atomic E-state index is 11.5. The molecule has 0 amide bonds. The van der Waals surface area contributed by atoms with E-state index in [-0.39, 0.29) is 0 Å². The summed E-state index contributed by atoms with van der Waals surface area (Å²) >= 11 is 0. The van der Waals surface area contributed by atoms with Gasteiger partial charge in [0.2, 0.25) is 5.79 Å². The molecule has 60 valence electrons. The van der Waals surface area contributed by atoms with Crippen LogP contribution in [0.15, 0.2) is 0 Å². The van der Waals surface area contributed by atoms with Crippen LogP contribution in [0.1, 0.15) is 13.3 Å². The van der Waals surface area contributed by atoms with Crippen LogP contribution in [0.3, 0.4) is 0 Å². The number of aliphatic hydroxyl groups is 2. The predicted molar refractivity (Wildman–Crippen MR) is 28.5 cm³/mol. The SMILES string of the molecule is CC(=O)CC(O)(O)C(F)F. The van der Waals surface area contributed by atoms with Crippen molar-refractivity contribution < 1.29 is 23.8 Å². The molecule has 0 aromatic carbocycles. The summed E-state index contributed by atoms with van der Waals surface area (Å²) in [6, 6.07) is 0. The van der Waals surface area contributed by atoms with Crippen molar-refractivity contribution in [2.24, 2.45) is 0 Å². The number of halogens is 2. The largest absolute Gasteiger partial charge is 0.361 e. The third-order valence-corrected chi connectivity index (χ3v) is 0.859. The van der Waals surface area contributed by atoms with Crippen molar-refractivity contribution in [3.63, 3.8) is 0 Å². The molecule has 10 heavy (non-hydrogen) atoms. The van der Waals surface area contributed by atoms with E-state index in [0.29, 0.717) is 0 Å². The first-order chi connectivity index (χ1) is 4.36. The van der Waals surface area contributed by atoms with Gasteiger partial charge in [0.1, 0.15) is 5.78 Å². The molecule has 0 fully saturated rings. The van der Waals surface area contributed by atoms with Gasteiger partial charge in [0, 0.05) is 0 Å². The summed E-state index contributed by atoms with van der Waals surface area (Å²) in [6.07, 6.45) is -4.25. The van der Waals surface area contributed by atoms with Gasteiger partial charge in [-0.3, -0.25) is 4.79 Å². The third-order valence-electron chi connectivity index (χ3n) is 0.859. The summed E-state index contributed by atoms with van der Waals surface area (Å²) in [5, 5.41) is 16.7. The van der Waals surface area contributed by atoms with Gasteiger partial charge in [-0.25, -0.2) is 8.78 Å². The lowest BCUT2D eigenvalue weighted by atomic mass is 10.1. The molecule has 0 aliphatic heterocycles. The summed E-state index contributed by atoms with van der Waals surface area (Å²) in [5.41, 5.74) is 0. The molecular formula is C5H8F2O3. The maximum Gasteiger partial charge on any atom is 0.291 e. The second kappa shape index (κ2) is 3.03. The van der Waals surface area contributed by atoms with E-state index in [4.69, 9.17) is 10.2 Å². The standard InChI is InChI=1S/C5H8F2O3/c1-3(8)2-5(9,10)4(6)7/h4,9-10H,2H2,1H3. The van der Waals surface area contributed by atoms with Crippen LogP contribution in [0, 0.1) is 0 Å². The fraction of sp³-hybridized carbons (Fsp3) is 0.800. The van der Waals surface area contributed by atoms with Gasteiger partial charge in [-0.05, 0) is 6.92 Å². The predicted octanol–water partition coefficient (Wildman–Crippen LogP) is -0.0885. The zero-order valence-electron chi connectivity index (χ0n) is 5.34. The minimum atomic E-state index is -3.31. The van der Waals surface area contributed by atoms with Crippen molar-refractivity contribution in [2.45, 2.75) is 25.6 Å². The fourth-order valence-corrected chi connectivity index (χ4v) is 0.444. The molecule has 3 nitrogen and oxygen atoms in total. The number of Topliss-reactive ketones (excluding diaryl/α,β-unsaturated/α-hetero) is 1. The normalized spacial score (nSPS) is 12.2. The molecular weight excluding hydrogens is 146 g/mol. The van der Waals surface area contributed by atoms with Gasteiger partial charge in [-0.2, -0.15) is 0 Å². The average molecular weight is 154 g/mol. The summed E-state index contributed by atoms with van der Waals surface area (Å²) in [6.45, 7) is 1.00. The number of hydrogen-bond acceptors (Lipinski definition) is 3. The Balaban J connectivity index is 3.99. The highest BCUT2D eigenvalue weighted by Crippen LogP contribution is 2.16. The zero-order chi connectivity index (χ0) is 8.36. The molecule has 0 spiro atoms. The Morgan fingerprint density at radius 1 is 1.60 bits per heavy atom. The molecule has 0 aliphatic carbocycles. The van der Waals surface area contributed by atoms with Gasteiger partial charge in [0.05, 0.1) is 6.42 Å². The number of hydrogen-bond donors (Lipinski definition) is 2. The second-order valence-electron chi connectivity index (χ2n) is 2.06. The lowest BCUT2D eigenvalue weighted by molar-refractivity contribution is -0.239. The highest BCUT2D eigenvalue weighted by molar-refractivity contribution is 5.76. The van der Waals surface area contributed by atoms with Gasteiger partial charge in [0.15, 0.2) is 0 Å². The first-order valence-electron chi connectivity index (χ1n) is 2.58. The zero-order valence-corrected chi connectivity index (χ0v) is 5.34. The van der Waals surface area contributed by atoms with E-state index in [0.717, 1.165) is 6.92 Å². The van der Waals surface area contributed by atoms with E-state index in [1.807, 2.05) is 0 Å². The van der Waals surface area contributed by atoms with Gasteiger partial charge in [-0.15, -0.1) is 0 Å². The molecule has 0 bridgehead atoms. The van der Waals surface area contributed by atoms with Crippen molar-refractivity contribution in [3.8, 4) is 0 Å². The van der Waals surface area contributed by atoms with Crippen LogP contribution in [0.25, 0.3) is 0 Å². The Morgan fingerprint density at radius 3 is 2.10 bits per heavy atom. The van der Waals surface area contributed by atoms with E-state index in [1.54, 1.807) is 0 Å². The van der Waals surface area contributed by atoms with Crippen molar-refractivity contribution in [3.05, 3.63) is 0 Å². The number of alkyl halides is 2. The van der Waals surface area contributed by atoms with Crippen LogP contribution >= 0.6 is 0 Å². The maximum atomic E-state index is 11.5. The molecule has 0 heterocycles. The number of rotatable bonds is 3. The summed E-state index contributed by atoms with van der Waals surface area (Å²) < 4.78 is 23.0. The Bertz CT molecular complexity index is 133. The molecule has 0 saturated heterocycles. The Hall–Kier alpha value is -0.550. The molecule has 0 unspecified atom stereocenters. The van der Waals surface area contributed by atoms with Crippen LogP contribution in [-0.4, -0.2) is 28.2 Å². The molecule has 0 atom stereocenters. The van der Waals surface area contributed by atoms with Crippen LogP contribution in [-0.2, 0) is 4.79 Å². The molecule has 0 aromatic heterocycles. The molecule has 5 heteroatoms. The first-order valence-corrected chi connectivity index (χ1v) is 2.58. The number of carbonyl (C=O) groups is 1. The highest BCUT2D eigenvalue weighted by Gasteiger charge is 2.36. The van der Waals surface area contributed by atoms with Gasteiger partial charge >= 0.3 is 0 Å². The lowest BCUT2D eigenvalue weighted by Gasteiger charge is -2.18. The van der Waals surface area contributed by atoms with E-state index in [2.05, 4.69) is 0 Å². The minimum Gasteiger partial charge on any atom is -0.361 e. The fourth-order valence-electron chi connectivity index (χ4n) is 0.444. The highest BCUT2D eigenvalue weighted by atomic mass is 19.3. The molecule has 0 aromatic rings. The van der Waals surface area contributed by atoms with E-state index in [1.165, 1.54) is 0 Å². The quantitative estimate of drug-likeness (QED) is 0.558. The Morgan fingerprint density at radius 2 is 2.00 bits per heavy atom.